The van der Waals surface area contributed by atoms with Crippen molar-refractivity contribution in [2.75, 3.05) is 26.9 Å². The molecule has 0 spiro atoms. The highest BCUT2D eigenvalue weighted by molar-refractivity contribution is 5.66. The van der Waals surface area contributed by atoms with Crippen molar-refractivity contribution < 1.29 is 19.4 Å². The van der Waals surface area contributed by atoms with Crippen LogP contribution in [0.3, 0.4) is 0 Å². The summed E-state index contributed by atoms with van der Waals surface area (Å²) in [6.07, 6.45) is -0.958. The Bertz CT molecular complexity index is 127. The Balaban J connectivity index is 3.05. The molecule has 0 aromatic rings. The molecule has 1 unspecified atom stereocenters. The predicted octanol–water partition coefficient (Wildman–Crippen LogP) is -0.260. The van der Waals surface area contributed by atoms with Crippen LogP contribution >= 0.6 is 0 Å². The van der Waals surface area contributed by atoms with Gasteiger partial charge in [-0.2, -0.15) is 0 Å². The highest BCUT2D eigenvalue weighted by Crippen LogP contribution is 1.83. The van der Waals surface area contributed by atoms with Crippen LogP contribution in [0.4, 0.5) is 4.79 Å². The van der Waals surface area contributed by atoms with Crippen LogP contribution in [-0.2, 0) is 9.47 Å². The van der Waals surface area contributed by atoms with E-state index < -0.39 is 12.2 Å². The van der Waals surface area contributed by atoms with Gasteiger partial charge in [-0.15, -0.1) is 0 Å². The monoisotopic (exact) mass is 177 g/mol. The van der Waals surface area contributed by atoms with Crippen molar-refractivity contribution in [3.05, 3.63) is 0 Å². The van der Waals surface area contributed by atoms with Crippen LogP contribution in [0.2, 0.25) is 0 Å². The first kappa shape index (κ1) is 11.2. The van der Waals surface area contributed by atoms with E-state index in [0.717, 1.165) is 0 Å². The molecule has 5 heteroatoms. The van der Waals surface area contributed by atoms with Gasteiger partial charge in [0, 0.05) is 7.05 Å². The van der Waals surface area contributed by atoms with Crippen molar-refractivity contribution in [3.8, 4) is 0 Å². The zero-order valence-electron chi connectivity index (χ0n) is 7.37. The molecule has 0 fully saturated rings. The normalized spacial score (nSPS) is 12.2. The zero-order chi connectivity index (χ0) is 9.40. The summed E-state index contributed by atoms with van der Waals surface area (Å²) in [5.74, 6) is 0. The topological polar surface area (TPSA) is 67.8 Å². The number of rotatable bonds is 5. The molecule has 0 aromatic heterocycles. The molecule has 0 bridgehead atoms. The number of carbonyl (C=O) groups is 1. The maximum atomic E-state index is 10.5. The molecular weight excluding hydrogens is 162 g/mol. The largest absolute Gasteiger partial charge is 0.447 e. The van der Waals surface area contributed by atoms with Crippen molar-refractivity contribution in [2.24, 2.45) is 0 Å². The molecule has 72 valence electrons. The Morgan fingerprint density at radius 3 is 2.75 bits per heavy atom. The highest BCUT2D eigenvalue weighted by atomic mass is 16.6. The van der Waals surface area contributed by atoms with Gasteiger partial charge in [-0.25, -0.2) is 4.79 Å². The fourth-order valence-electron chi connectivity index (χ4n) is 0.519. The van der Waals surface area contributed by atoms with Crippen LogP contribution in [0.1, 0.15) is 6.92 Å². The second kappa shape index (κ2) is 6.87. The van der Waals surface area contributed by atoms with Crippen LogP contribution in [-0.4, -0.2) is 44.2 Å². The maximum absolute atomic E-state index is 10.5. The number of hydrogen-bond donors (Lipinski definition) is 2. The number of nitrogens with one attached hydrogen (secondary N) is 1. The number of ether oxygens (including phenoxy) is 2. The van der Waals surface area contributed by atoms with Crippen LogP contribution in [0, 0.1) is 0 Å². The third kappa shape index (κ3) is 7.30. The average Bonchev–Trinajstić information content (AvgIpc) is 2.03. The van der Waals surface area contributed by atoms with E-state index in [4.69, 9.17) is 9.84 Å². The number of alkyl carbamates (subject to hydrolysis) is 1. The Hall–Kier alpha value is -0.810. The number of aliphatic hydroxyl groups excluding tert-OH is 1. The smallest absolute Gasteiger partial charge is 0.406 e. The fourth-order valence-corrected chi connectivity index (χ4v) is 0.519. The van der Waals surface area contributed by atoms with E-state index in [0.29, 0.717) is 6.61 Å². The summed E-state index contributed by atoms with van der Waals surface area (Å²) in [7, 11) is 1.49. The van der Waals surface area contributed by atoms with Gasteiger partial charge in [-0.3, -0.25) is 0 Å². The molecule has 0 rings (SSSR count). The second-order valence-electron chi connectivity index (χ2n) is 2.31. The molecule has 0 aromatic carbocycles. The number of hydrogen-bond acceptors (Lipinski definition) is 4. The first-order valence-corrected chi connectivity index (χ1v) is 3.77. The Morgan fingerprint density at radius 2 is 2.25 bits per heavy atom. The quantitative estimate of drug-likeness (QED) is 0.568. The van der Waals surface area contributed by atoms with E-state index in [1.807, 2.05) is 0 Å². The van der Waals surface area contributed by atoms with E-state index in [1.165, 1.54) is 7.05 Å². The van der Waals surface area contributed by atoms with Crippen molar-refractivity contribution in [3.63, 3.8) is 0 Å². The van der Waals surface area contributed by atoms with E-state index in [9.17, 15) is 4.79 Å². The Kier molecular flexibility index (Phi) is 6.41. The summed E-state index contributed by atoms with van der Waals surface area (Å²) in [4.78, 5) is 10.5. The van der Waals surface area contributed by atoms with Gasteiger partial charge in [-0.1, -0.05) is 0 Å². The van der Waals surface area contributed by atoms with E-state index in [2.05, 4.69) is 10.1 Å². The Labute approximate surface area is 71.7 Å². The maximum Gasteiger partial charge on any atom is 0.406 e. The van der Waals surface area contributed by atoms with Gasteiger partial charge in [0.25, 0.3) is 0 Å². The molecule has 0 radical (unpaired) electrons. The molecule has 0 saturated carbocycles. The van der Waals surface area contributed by atoms with Crippen molar-refractivity contribution >= 4 is 6.09 Å². The lowest BCUT2D eigenvalue weighted by molar-refractivity contribution is 0.0242. The highest BCUT2D eigenvalue weighted by Gasteiger charge is 1.98. The third-order valence-corrected chi connectivity index (χ3v) is 1.02. The molecule has 5 nitrogen and oxygen atoms in total. The van der Waals surface area contributed by atoms with E-state index >= 15 is 0 Å². The first-order chi connectivity index (χ1) is 5.66. The first-order valence-electron chi connectivity index (χ1n) is 3.77. The number of carbonyl (C=O) groups excluding carboxylic acids is 1. The Morgan fingerprint density at radius 1 is 1.58 bits per heavy atom. The second-order valence-corrected chi connectivity index (χ2v) is 2.31. The van der Waals surface area contributed by atoms with Crippen LogP contribution in [0.5, 0.6) is 0 Å². The molecule has 0 saturated heterocycles. The molecule has 1 atom stereocenters. The summed E-state index contributed by atoms with van der Waals surface area (Å²) in [6, 6.07) is 0. The van der Waals surface area contributed by atoms with Crippen LogP contribution in [0.25, 0.3) is 0 Å². The fraction of sp³-hybridized carbons (Fsp3) is 0.857. The summed E-state index contributed by atoms with van der Waals surface area (Å²) < 4.78 is 9.55. The van der Waals surface area contributed by atoms with E-state index in [1.54, 1.807) is 6.92 Å². The standard InChI is InChI=1S/C7H15NO4/c1-6(9)5-11-3-4-12-7(10)8-2/h6,9H,3-5H2,1-2H3,(H,8,10). The zero-order valence-corrected chi connectivity index (χ0v) is 7.37. The summed E-state index contributed by atoms with van der Waals surface area (Å²) in [6.45, 7) is 2.39. The molecule has 12 heavy (non-hydrogen) atoms. The summed E-state index contributed by atoms with van der Waals surface area (Å²) in [5, 5.41) is 11.1. The van der Waals surface area contributed by atoms with Gasteiger partial charge < -0.3 is 19.9 Å². The van der Waals surface area contributed by atoms with E-state index in [-0.39, 0.29) is 13.2 Å². The molecule has 0 heterocycles. The molecule has 1 amide bonds. The van der Waals surface area contributed by atoms with Gasteiger partial charge in [-0.05, 0) is 6.92 Å². The van der Waals surface area contributed by atoms with Crippen molar-refractivity contribution in [1.29, 1.82) is 0 Å². The van der Waals surface area contributed by atoms with Crippen LogP contribution in [0.15, 0.2) is 0 Å². The molecule has 0 aliphatic rings. The molecule has 0 aliphatic heterocycles. The molecular formula is C7H15NO4. The minimum absolute atomic E-state index is 0.201. The third-order valence-electron chi connectivity index (χ3n) is 1.02. The van der Waals surface area contributed by atoms with Gasteiger partial charge in [0.05, 0.1) is 19.3 Å². The minimum Gasteiger partial charge on any atom is -0.447 e. The number of amides is 1. The average molecular weight is 177 g/mol. The lowest BCUT2D eigenvalue weighted by Crippen LogP contribution is -2.22. The summed E-state index contributed by atoms with van der Waals surface area (Å²) >= 11 is 0. The lowest BCUT2D eigenvalue weighted by atomic mass is 10.4. The van der Waals surface area contributed by atoms with Gasteiger partial charge in [0.2, 0.25) is 0 Å². The lowest BCUT2D eigenvalue weighted by Gasteiger charge is -2.06. The van der Waals surface area contributed by atoms with Crippen LogP contribution < -0.4 is 5.32 Å². The van der Waals surface area contributed by atoms with Gasteiger partial charge in [0.1, 0.15) is 6.61 Å². The number of aliphatic hydroxyl groups is 1. The summed E-state index contributed by atoms with van der Waals surface area (Å²) in [5.41, 5.74) is 0. The minimum atomic E-state index is -0.481. The van der Waals surface area contributed by atoms with Gasteiger partial charge >= 0.3 is 6.09 Å². The predicted molar refractivity (Wildman–Crippen MR) is 42.9 cm³/mol. The van der Waals surface area contributed by atoms with Gasteiger partial charge in [0.15, 0.2) is 0 Å². The molecule has 0 aliphatic carbocycles. The van der Waals surface area contributed by atoms with Crippen molar-refractivity contribution in [1.82, 2.24) is 5.32 Å². The molecule has 2 N–H and O–H groups in total. The SMILES string of the molecule is CNC(=O)OCCOCC(C)O. The van der Waals surface area contributed by atoms with Crippen molar-refractivity contribution in [2.45, 2.75) is 13.0 Å².